The van der Waals surface area contributed by atoms with Crippen molar-refractivity contribution in [2.75, 3.05) is 20.3 Å². The molecule has 0 radical (unpaired) electrons. The highest BCUT2D eigenvalue weighted by molar-refractivity contribution is 7.19. The number of aryl methyl sites for hydroxylation is 2. The van der Waals surface area contributed by atoms with Gasteiger partial charge in [0.05, 0.1) is 5.39 Å². The molecule has 0 spiro atoms. The lowest BCUT2D eigenvalue weighted by atomic mass is 10.2. The molecule has 1 aliphatic rings. The number of amides is 1. The van der Waals surface area contributed by atoms with E-state index in [1.165, 1.54) is 16.9 Å². The number of carbonyl (C=O) groups is 1. The Hall–Kier alpha value is -2.06. The Morgan fingerprint density at radius 2 is 2.39 bits per heavy atom. The largest absolute Gasteiger partial charge is 0.385 e. The number of methoxy groups -OCH3 is 1. The number of carbonyl (C=O) groups excluding carboxylic acids is 1. The van der Waals surface area contributed by atoms with E-state index in [1.807, 2.05) is 0 Å². The Morgan fingerprint density at radius 3 is 3.26 bits per heavy atom. The number of hydrogen-bond acceptors (Lipinski definition) is 6. The number of thiophene rings is 1. The van der Waals surface area contributed by atoms with Crippen LogP contribution in [0.2, 0.25) is 0 Å². The van der Waals surface area contributed by atoms with Crippen LogP contribution in [0.4, 0.5) is 0 Å². The fraction of sp³-hybridized carbons (Fsp3) is 0.467. The molecule has 0 unspecified atom stereocenters. The fourth-order valence-electron chi connectivity index (χ4n) is 2.99. The molecular weight excluding hydrogens is 314 g/mol. The third kappa shape index (κ3) is 2.47. The summed E-state index contributed by atoms with van der Waals surface area (Å²) in [7, 11) is 1.64. The van der Waals surface area contributed by atoms with Crippen LogP contribution in [0.5, 0.6) is 0 Å². The zero-order valence-corrected chi connectivity index (χ0v) is 13.7. The standard InChI is InChI=1S/C15H17N5O2S/c1-22-7-3-6-16-14(21)12-18-13-11-9-4-2-5-10(9)23-15(11)17-8-20(13)19-12/h8H,2-7H2,1H3,(H,16,21). The Morgan fingerprint density at radius 1 is 1.48 bits per heavy atom. The van der Waals surface area contributed by atoms with E-state index >= 15 is 0 Å². The van der Waals surface area contributed by atoms with Gasteiger partial charge >= 0.3 is 0 Å². The summed E-state index contributed by atoms with van der Waals surface area (Å²) in [6.45, 7) is 1.16. The first kappa shape index (κ1) is 14.5. The van der Waals surface area contributed by atoms with E-state index in [1.54, 1.807) is 29.3 Å². The molecule has 0 saturated carbocycles. The highest BCUT2D eigenvalue weighted by Crippen LogP contribution is 2.37. The van der Waals surface area contributed by atoms with Crippen LogP contribution in [0, 0.1) is 0 Å². The van der Waals surface area contributed by atoms with E-state index < -0.39 is 0 Å². The van der Waals surface area contributed by atoms with E-state index in [-0.39, 0.29) is 11.7 Å². The second-order valence-corrected chi connectivity index (χ2v) is 6.67. The van der Waals surface area contributed by atoms with Gasteiger partial charge in [0, 0.05) is 25.1 Å². The average molecular weight is 331 g/mol. The summed E-state index contributed by atoms with van der Waals surface area (Å²) in [6.07, 6.45) is 5.75. The maximum absolute atomic E-state index is 12.2. The fourth-order valence-corrected chi connectivity index (χ4v) is 4.21. The molecule has 0 atom stereocenters. The number of nitrogens with zero attached hydrogens (tertiary/aromatic N) is 4. The summed E-state index contributed by atoms with van der Waals surface area (Å²) in [5, 5.41) is 8.15. The molecule has 3 aromatic rings. The van der Waals surface area contributed by atoms with Crippen molar-refractivity contribution < 1.29 is 9.53 Å². The molecule has 0 bridgehead atoms. The predicted molar refractivity (Wildman–Crippen MR) is 87.0 cm³/mol. The zero-order chi connectivity index (χ0) is 15.8. The van der Waals surface area contributed by atoms with E-state index in [2.05, 4.69) is 20.4 Å². The summed E-state index contributed by atoms with van der Waals surface area (Å²) in [5.41, 5.74) is 2.07. The van der Waals surface area contributed by atoms with Crippen LogP contribution < -0.4 is 5.32 Å². The minimum Gasteiger partial charge on any atom is -0.385 e. The lowest BCUT2D eigenvalue weighted by Gasteiger charge is -2.00. The summed E-state index contributed by atoms with van der Waals surface area (Å²) < 4.78 is 6.57. The lowest BCUT2D eigenvalue weighted by molar-refractivity contribution is 0.0938. The van der Waals surface area contributed by atoms with Gasteiger partial charge in [0.15, 0.2) is 5.65 Å². The van der Waals surface area contributed by atoms with Gasteiger partial charge in [-0.25, -0.2) is 14.5 Å². The number of ether oxygens (including phenoxy) is 1. The van der Waals surface area contributed by atoms with Crippen molar-refractivity contribution in [2.24, 2.45) is 0 Å². The van der Waals surface area contributed by atoms with Crippen molar-refractivity contribution in [3.05, 3.63) is 22.6 Å². The lowest BCUT2D eigenvalue weighted by Crippen LogP contribution is -2.26. The van der Waals surface area contributed by atoms with Crippen LogP contribution in [0.3, 0.4) is 0 Å². The Kier molecular flexibility index (Phi) is 3.70. The minimum atomic E-state index is -0.259. The topological polar surface area (TPSA) is 81.4 Å². The molecule has 4 rings (SSSR count). The van der Waals surface area contributed by atoms with Crippen molar-refractivity contribution in [1.82, 2.24) is 24.9 Å². The summed E-state index contributed by atoms with van der Waals surface area (Å²) >= 11 is 1.73. The van der Waals surface area contributed by atoms with Crippen LogP contribution >= 0.6 is 11.3 Å². The van der Waals surface area contributed by atoms with E-state index in [0.29, 0.717) is 13.2 Å². The monoisotopic (exact) mass is 331 g/mol. The van der Waals surface area contributed by atoms with Crippen LogP contribution in [-0.2, 0) is 17.6 Å². The molecule has 23 heavy (non-hydrogen) atoms. The first-order valence-corrected chi connectivity index (χ1v) is 8.52. The first-order chi connectivity index (χ1) is 11.3. The number of aromatic nitrogens is 4. The molecule has 7 nitrogen and oxygen atoms in total. The molecular formula is C15H17N5O2S. The number of fused-ring (bicyclic) bond motifs is 5. The predicted octanol–water partition coefficient (Wildman–Crippen LogP) is 1.59. The maximum atomic E-state index is 12.2. The summed E-state index contributed by atoms with van der Waals surface area (Å²) in [4.78, 5) is 23.5. The average Bonchev–Trinajstić information content (AvgIpc) is 3.23. The summed E-state index contributed by atoms with van der Waals surface area (Å²) in [6, 6.07) is 0. The van der Waals surface area contributed by atoms with E-state index in [4.69, 9.17) is 4.74 Å². The van der Waals surface area contributed by atoms with Crippen molar-refractivity contribution in [2.45, 2.75) is 25.7 Å². The third-order valence-electron chi connectivity index (χ3n) is 4.06. The van der Waals surface area contributed by atoms with Crippen molar-refractivity contribution >= 4 is 33.1 Å². The maximum Gasteiger partial charge on any atom is 0.290 e. The molecule has 3 aromatic heterocycles. The number of rotatable bonds is 5. The SMILES string of the molecule is COCCCNC(=O)c1nc2c3c4c(sc3ncn2n1)CCC4. The first-order valence-electron chi connectivity index (χ1n) is 7.70. The molecule has 1 N–H and O–H groups in total. The normalized spacial score (nSPS) is 13.8. The van der Waals surface area contributed by atoms with E-state index in [0.717, 1.165) is 35.1 Å². The van der Waals surface area contributed by atoms with Gasteiger partial charge in [0.1, 0.15) is 11.2 Å². The molecule has 0 aliphatic heterocycles. The number of hydrogen-bond donors (Lipinski definition) is 1. The van der Waals surface area contributed by atoms with Crippen LogP contribution in [0.25, 0.3) is 15.9 Å². The second kappa shape index (κ2) is 5.86. The highest BCUT2D eigenvalue weighted by Gasteiger charge is 2.22. The molecule has 0 saturated heterocycles. The second-order valence-electron chi connectivity index (χ2n) is 5.59. The highest BCUT2D eigenvalue weighted by atomic mass is 32.1. The minimum absolute atomic E-state index is 0.190. The van der Waals surface area contributed by atoms with Crippen molar-refractivity contribution in [3.8, 4) is 0 Å². The quantitative estimate of drug-likeness (QED) is 0.718. The van der Waals surface area contributed by atoms with Gasteiger partial charge in [0.25, 0.3) is 5.91 Å². The van der Waals surface area contributed by atoms with Gasteiger partial charge in [-0.15, -0.1) is 16.4 Å². The van der Waals surface area contributed by atoms with Gasteiger partial charge in [-0.05, 0) is 31.2 Å². The molecule has 3 heterocycles. The molecule has 0 aromatic carbocycles. The van der Waals surface area contributed by atoms with Gasteiger partial charge < -0.3 is 10.1 Å². The molecule has 0 fully saturated rings. The van der Waals surface area contributed by atoms with Gasteiger partial charge in [-0.3, -0.25) is 4.79 Å². The zero-order valence-electron chi connectivity index (χ0n) is 12.8. The molecule has 1 amide bonds. The third-order valence-corrected chi connectivity index (χ3v) is 5.26. The van der Waals surface area contributed by atoms with Crippen LogP contribution in [0.15, 0.2) is 6.33 Å². The molecule has 1 aliphatic carbocycles. The van der Waals surface area contributed by atoms with Crippen LogP contribution in [-0.4, -0.2) is 45.8 Å². The number of nitrogens with one attached hydrogen (secondary N) is 1. The summed E-state index contributed by atoms with van der Waals surface area (Å²) in [5.74, 6) is -0.0699. The van der Waals surface area contributed by atoms with Gasteiger partial charge in [-0.2, -0.15) is 0 Å². The smallest absolute Gasteiger partial charge is 0.290 e. The Balaban J connectivity index is 1.67. The van der Waals surface area contributed by atoms with Crippen molar-refractivity contribution in [1.29, 1.82) is 0 Å². The van der Waals surface area contributed by atoms with Crippen molar-refractivity contribution in [3.63, 3.8) is 0 Å². The Bertz CT molecular complexity index is 885. The Labute approximate surface area is 136 Å². The molecule has 120 valence electrons. The van der Waals surface area contributed by atoms with E-state index in [9.17, 15) is 4.79 Å². The van der Waals surface area contributed by atoms with Gasteiger partial charge in [0.2, 0.25) is 5.82 Å². The van der Waals surface area contributed by atoms with Crippen LogP contribution in [0.1, 0.15) is 33.9 Å². The van der Waals surface area contributed by atoms with Gasteiger partial charge in [-0.1, -0.05) is 0 Å². The molecule has 8 heteroatoms.